The summed E-state index contributed by atoms with van der Waals surface area (Å²) < 4.78 is 6.38. The van der Waals surface area contributed by atoms with Crippen molar-refractivity contribution in [1.82, 2.24) is 15.6 Å². The van der Waals surface area contributed by atoms with Crippen molar-refractivity contribution in [3.8, 4) is 5.88 Å². The molecule has 0 radical (unpaired) electrons. The minimum absolute atomic E-state index is 0.0272. The lowest BCUT2D eigenvalue weighted by atomic mass is 9.73. The monoisotopic (exact) mass is 499 g/mol. The number of hydrogen-bond donors (Lipinski definition) is 3. The quantitative estimate of drug-likeness (QED) is 0.487. The molecule has 35 heavy (non-hydrogen) atoms. The summed E-state index contributed by atoms with van der Waals surface area (Å²) in [6.07, 6.45) is 6.59. The fraction of sp³-hybridized carbons (Fsp3) is 0.571. The van der Waals surface area contributed by atoms with Crippen LogP contribution < -0.4 is 15.4 Å². The summed E-state index contributed by atoms with van der Waals surface area (Å²) in [5, 5.41) is 18.3. The Bertz CT molecular complexity index is 1050. The van der Waals surface area contributed by atoms with Gasteiger partial charge in [-0.15, -0.1) is 0 Å². The summed E-state index contributed by atoms with van der Waals surface area (Å²) in [5.74, 6) is 0.525. The summed E-state index contributed by atoms with van der Waals surface area (Å²) in [6, 6.07) is 9.31. The van der Waals surface area contributed by atoms with Gasteiger partial charge in [0, 0.05) is 42.7 Å². The van der Waals surface area contributed by atoms with E-state index < -0.39 is 12.1 Å². The number of hydrogen-bond acceptors (Lipinski definition) is 5. The zero-order valence-corrected chi connectivity index (χ0v) is 22.0. The van der Waals surface area contributed by atoms with Crippen LogP contribution in [-0.4, -0.2) is 40.3 Å². The molecule has 4 rings (SSSR count). The summed E-state index contributed by atoms with van der Waals surface area (Å²) in [4.78, 5) is 16.6. The summed E-state index contributed by atoms with van der Waals surface area (Å²) >= 11 is 6.35. The number of carbonyl (C=O) groups is 1. The molecule has 6 nitrogen and oxygen atoms in total. The summed E-state index contributed by atoms with van der Waals surface area (Å²) in [5.41, 5.74) is 3.13. The zero-order chi connectivity index (χ0) is 25.2. The van der Waals surface area contributed by atoms with Crippen LogP contribution in [0.15, 0.2) is 36.5 Å². The van der Waals surface area contributed by atoms with Gasteiger partial charge in [0.25, 0.3) is 0 Å². The van der Waals surface area contributed by atoms with E-state index in [9.17, 15) is 9.90 Å². The maximum atomic E-state index is 11.9. The minimum Gasteiger partial charge on any atom is -0.471 e. The minimum atomic E-state index is -0.787. The third-order valence-corrected chi connectivity index (χ3v) is 7.39. The number of benzene rings is 1. The van der Waals surface area contributed by atoms with Crippen LogP contribution in [0.5, 0.6) is 5.88 Å². The number of halogens is 1. The average molecular weight is 500 g/mol. The van der Waals surface area contributed by atoms with E-state index in [4.69, 9.17) is 21.3 Å². The number of nitrogens with zero attached hydrogens (tertiary/aromatic N) is 1. The molecule has 0 bridgehead atoms. The van der Waals surface area contributed by atoms with E-state index >= 15 is 0 Å². The van der Waals surface area contributed by atoms with E-state index in [1.807, 2.05) is 30.5 Å². The predicted molar refractivity (Wildman–Crippen MR) is 139 cm³/mol. The van der Waals surface area contributed by atoms with Crippen LogP contribution >= 0.6 is 11.6 Å². The van der Waals surface area contributed by atoms with Crippen LogP contribution in [0, 0.1) is 5.41 Å². The molecule has 3 N–H and O–H groups in total. The number of aromatic nitrogens is 1. The second-order valence-electron chi connectivity index (χ2n) is 11.4. The van der Waals surface area contributed by atoms with Gasteiger partial charge < -0.3 is 20.5 Å². The highest BCUT2D eigenvalue weighted by molar-refractivity contribution is 6.31. The first-order chi connectivity index (χ1) is 16.5. The molecule has 2 heterocycles. The molecule has 1 aromatic carbocycles. The molecule has 1 aliphatic heterocycles. The Labute approximate surface area is 213 Å². The van der Waals surface area contributed by atoms with Crippen molar-refractivity contribution < 1.29 is 14.6 Å². The maximum Gasteiger partial charge on any atom is 0.218 e. The van der Waals surface area contributed by atoms with Gasteiger partial charge in [-0.2, -0.15) is 0 Å². The molecule has 1 aliphatic carbocycles. The summed E-state index contributed by atoms with van der Waals surface area (Å²) in [6.45, 7) is 8.47. The highest BCUT2D eigenvalue weighted by Gasteiger charge is 2.46. The Morgan fingerprint density at radius 1 is 1.31 bits per heavy atom. The number of nitrogens with one attached hydrogen (secondary N) is 2. The van der Waals surface area contributed by atoms with Crippen molar-refractivity contribution in [1.29, 1.82) is 0 Å². The van der Waals surface area contributed by atoms with Crippen LogP contribution in [0.2, 0.25) is 5.02 Å². The highest BCUT2D eigenvalue weighted by Crippen LogP contribution is 2.48. The van der Waals surface area contributed by atoms with Gasteiger partial charge in [-0.05, 0) is 60.8 Å². The van der Waals surface area contributed by atoms with Crippen molar-refractivity contribution in [2.24, 2.45) is 5.41 Å². The number of pyridine rings is 1. The number of amides is 1. The van der Waals surface area contributed by atoms with Crippen molar-refractivity contribution >= 4 is 17.5 Å². The van der Waals surface area contributed by atoms with Gasteiger partial charge in [0.05, 0.1) is 12.1 Å². The molecular formula is C28H38ClN3O3. The van der Waals surface area contributed by atoms with E-state index in [1.54, 1.807) is 0 Å². The number of carbonyl (C=O) groups excluding carboxylic acids is 1. The Morgan fingerprint density at radius 3 is 2.69 bits per heavy atom. The maximum absolute atomic E-state index is 11.9. The van der Waals surface area contributed by atoms with Crippen molar-refractivity contribution in [3.63, 3.8) is 0 Å². The third-order valence-electron chi connectivity index (χ3n) is 7.02. The second kappa shape index (κ2) is 10.5. The van der Waals surface area contributed by atoms with Gasteiger partial charge in [0.1, 0.15) is 5.60 Å². The first kappa shape index (κ1) is 25.9. The van der Waals surface area contributed by atoms with Crippen LogP contribution in [0.4, 0.5) is 0 Å². The van der Waals surface area contributed by atoms with Crippen molar-refractivity contribution in [2.45, 2.75) is 90.0 Å². The van der Waals surface area contributed by atoms with E-state index in [0.29, 0.717) is 23.9 Å². The normalized spacial score (nSPS) is 20.3. The van der Waals surface area contributed by atoms with Crippen LogP contribution in [0.25, 0.3) is 0 Å². The largest absolute Gasteiger partial charge is 0.471 e. The van der Waals surface area contributed by atoms with Gasteiger partial charge in [-0.1, -0.05) is 50.6 Å². The van der Waals surface area contributed by atoms with E-state index in [1.165, 1.54) is 12.5 Å². The highest BCUT2D eigenvalue weighted by atomic mass is 35.5. The molecule has 1 aromatic heterocycles. The molecule has 1 fully saturated rings. The molecule has 190 valence electrons. The predicted octanol–water partition coefficient (Wildman–Crippen LogP) is 4.77. The molecule has 2 aromatic rings. The summed E-state index contributed by atoms with van der Waals surface area (Å²) in [7, 11) is 0. The number of aliphatic hydroxyl groups is 1. The molecule has 1 amide bonds. The number of fused-ring (bicyclic) bond motifs is 1. The van der Waals surface area contributed by atoms with Crippen molar-refractivity contribution in [2.75, 3.05) is 6.54 Å². The lowest BCUT2D eigenvalue weighted by Crippen LogP contribution is -2.52. The first-order valence-electron chi connectivity index (χ1n) is 12.6. The Morgan fingerprint density at radius 2 is 2.06 bits per heavy atom. The molecule has 7 heteroatoms. The van der Waals surface area contributed by atoms with Crippen LogP contribution in [-0.2, 0) is 17.6 Å². The fourth-order valence-electron chi connectivity index (χ4n) is 5.20. The first-order valence-corrected chi connectivity index (χ1v) is 13.0. The standard InChI is InChI=1S/C28H38ClN3O3/c1-18(33)32-23(13-20-8-5-6-9-22(20)29)25(34)17-30-24-15-28(10-7-11-28)35-26-21(24)12-19(16-31-26)14-27(2,3)4/h5-6,8-9,12,16,23-25,30,34H,7,10-11,13-15,17H2,1-4H3,(H,32,33)/t23-,24-,25+/m0/s1. The fourth-order valence-corrected chi connectivity index (χ4v) is 5.41. The van der Waals surface area contributed by atoms with E-state index in [-0.39, 0.29) is 23.0 Å². The van der Waals surface area contributed by atoms with Crippen molar-refractivity contribution in [3.05, 3.63) is 58.2 Å². The molecule has 1 spiro atoms. The number of rotatable bonds is 8. The Balaban J connectivity index is 1.51. The molecule has 3 atom stereocenters. The third kappa shape index (κ3) is 6.54. The van der Waals surface area contributed by atoms with Gasteiger partial charge in [-0.3, -0.25) is 4.79 Å². The lowest BCUT2D eigenvalue weighted by Gasteiger charge is -2.47. The van der Waals surface area contributed by atoms with Crippen LogP contribution in [0.1, 0.15) is 76.1 Å². The van der Waals surface area contributed by atoms with Gasteiger partial charge >= 0.3 is 0 Å². The van der Waals surface area contributed by atoms with Gasteiger partial charge in [-0.25, -0.2) is 4.98 Å². The second-order valence-corrected chi connectivity index (χ2v) is 11.9. The Hall–Kier alpha value is -2.15. The number of aliphatic hydroxyl groups excluding tert-OH is 1. The SMILES string of the molecule is CC(=O)N[C@@H](Cc1ccccc1Cl)[C@H](O)CN[C@H]1CC2(CCC2)Oc2ncc(CC(C)(C)C)cc21. The molecule has 0 unspecified atom stereocenters. The lowest BCUT2D eigenvalue weighted by molar-refractivity contribution is -0.120. The van der Waals surface area contributed by atoms with Crippen LogP contribution in [0.3, 0.4) is 0 Å². The van der Waals surface area contributed by atoms with Gasteiger partial charge in [0.2, 0.25) is 11.8 Å². The average Bonchev–Trinajstić information content (AvgIpc) is 2.75. The molecule has 1 saturated carbocycles. The zero-order valence-electron chi connectivity index (χ0n) is 21.2. The molecule has 0 saturated heterocycles. The van der Waals surface area contributed by atoms with E-state index in [2.05, 4.69) is 37.5 Å². The Kier molecular flexibility index (Phi) is 7.74. The van der Waals surface area contributed by atoms with E-state index in [0.717, 1.165) is 43.2 Å². The molecular weight excluding hydrogens is 462 g/mol. The molecule has 2 aliphatic rings. The smallest absolute Gasteiger partial charge is 0.218 e. The topological polar surface area (TPSA) is 83.5 Å². The number of ether oxygens (including phenoxy) is 1. The van der Waals surface area contributed by atoms with Gasteiger partial charge in [0.15, 0.2) is 0 Å².